The highest BCUT2D eigenvalue weighted by Crippen LogP contribution is 2.34. The first-order valence-corrected chi connectivity index (χ1v) is 13.6. The fraction of sp³-hybridized carbons (Fsp3) is 0.333. The van der Waals surface area contributed by atoms with Crippen LogP contribution in [0.4, 0.5) is 23.2 Å². The molecule has 1 aromatic carbocycles. The van der Waals surface area contributed by atoms with Crippen LogP contribution < -0.4 is 10.1 Å². The van der Waals surface area contributed by atoms with Crippen molar-refractivity contribution in [3.05, 3.63) is 82.7 Å². The molecule has 0 unspecified atom stereocenters. The van der Waals surface area contributed by atoms with Gasteiger partial charge in [-0.15, -0.1) is 5.10 Å². The minimum absolute atomic E-state index is 0.0485. The first kappa shape index (κ1) is 29.9. The zero-order valence-corrected chi connectivity index (χ0v) is 23.7. The van der Waals surface area contributed by atoms with Crippen molar-refractivity contribution < 1.29 is 27.1 Å². The van der Waals surface area contributed by atoms with Crippen LogP contribution in [0.1, 0.15) is 46.6 Å². The van der Waals surface area contributed by atoms with Gasteiger partial charge < -0.3 is 15.0 Å². The second-order valence-corrected chi connectivity index (χ2v) is 10.5. The van der Waals surface area contributed by atoms with E-state index in [4.69, 9.17) is 4.74 Å². The molecule has 1 amide bonds. The zero-order chi connectivity index (χ0) is 30.7. The number of piperazine rings is 1. The van der Waals surface area contributed by atoms with Gasteiger partial charge in [-0.3, -0.25) is 9.69 Å². The monoisotopic (exact) mass is 595 g/mol. The lowest BCUT2D eigenvalue weighted by atomic mass is 10.0. The summed E-state index contributed by atoms with van der Waals surface area (Å²) < 4.78 is 63.4. The number of alkyl halides is 3. The Morgan fingerprint density at radius 1 is 1.05 bits per heavy atom. The number of ether oxygens (including phenoxy) is 1. The summed E-state index contributed by atoms with van der Waals surface area (Å²) in [7, 11) is 1.97. The summed E-state index contributed by atoms with van der Waals surface area (Å²) in [6, 6.07) is 8.26. The van der Waals surface area contributed by atoms with Crippen LogP contribution in [0.15, 0.2) is 48.8 Å². The lowest BCUT2D eigenvalue weighted by Gasteiger charge is -2.33. The summed E-state index contributed by atoms with van der Waals surface area (Å²) in [6.45, 7) is 6.75. The Morgan fingerprint density at radius 2 is 1.81 bits per heavy atom. The Hall–Kier alpha value is -4.54. The van der Waals surface area contributed by atoms with Crippen LogP contribution in [0, 0.1) is 17.8 Å². The maximum atomic E-state index is 14.5. The molecule has 1 aliphatic rings. The highest BCUT2D eigenvalue weighted by Gasteiger charge is 2.34. The molecule has 1 N–H and O–H groups in total. The smallest absolute Gasteiger partial charge is 0.416 e. The Kier molecular flexibility index (Phi) is 8.61. The van der Waals surface area contributed by atoms with Gasteiger partial charge in [0.2, 0.25) is 11.8 Å². The van der Waals surface area contributed by atoms with Gasteiger partial charge >= 0.3 is 6.18 Å². The van der Waals surface area contributed by atoms with Crippen molar-refractivity contribution >= 4 is 17.2 Å². The molecule has 0 bridgehead atoms. The third-order valence-electron chi connectivity index (χ3n) is 6.78. The maximum absolute atomic E-state index is 14.5. The molecule has 0 atom stereocenters. The predicted octanol–water partition coefficient (Wildman–Crippen LogP) is 4.47. The largest absolute Gasteiger partial charge is 0.474 e. The third kappa shape index (κ3) is 7.28. The number of nitrogens with one attached hydrogen (secondary N) is 1. The number of rotatable bonds is 6. The second-order valence-electron chi connectivity index (χ2n) is 10.5. The molecule has 0 radical (unpaired) electrons. The van der Waals surface area contributed by atoms with Crippen LogP contribution in [-0.4, -0.2) is 74.6 Å². The summed E-state index contributed by atoms with van der Waals surface area (Å²) in [5.74, 6) is 4.10. The van der Waals surface area contributed by atoms with Crippen LogP contribution in [0.3, 0.4) is 0 Å². The van der Waals surface area contributed by atoms with Gasteiger partial charge in [-0.25, -0.2) is 14.5 Å². The van der Waals surface area contributed by atoms with Crippen LogP contribution in [0.2, 0.25) is 0 Å². The van der Waals surface area contributed by atoms with Crippen LogP contribution in [-0.2, 0) is 12.7 Å². The van der Waals surface area contributed by atoms with Crippen LogP contribution in [0.25, 0.3) is 5.65 Å². The molecular weight excluding hydrogens is 566 g/mol. The Morgan fingerprint density at radius 3 is 2.53 bits per heavy atom. The number of carbonyl (C=O) groups is 1. The van der Waals surface area contributed by atoms with E-state index in [2.05, 4.69) is 37.1 Å². The van der Waals surface area contributed by atoms with Gasteiger partial charge in [0.15, 0.2) is 5.65 Å². The number of carbonyl (C=O) groups excluding carboxylic acids is 1. The molecule has 5 rings (SSSR count). The van der Waals surface area contributed by atoms with Gasteiger partial charge in [0.1, 0.15) is 5.69 Å². The van der Waals surface area contributed by atoms with Crippen molar-refractivity contribution in [2.24, 2.45) is 0 Å². The van der Waals surface area contributed by atoms with Crippen molar-refractivity contribution in [1.29, 1.82) is 0 Å². The number of fused-ring (bicyclic) bond motifs is 1. The summed E-state index contributed by atoms with van der Waals surface area (Å²) in [5, 5.41) is 6.80. The highest BCUT2D eigenvalue weighted by molar-refractivity contribution is 6.04. The fourth-order valence-corrected chi connectivity index (χ4v) is 4.54. The molecular formula is C30H29F4N7O2. The Labute approximate surface area is 245 Å². The van der Waals surface area contributed by atoms with E-state index in [1.165, 1.54) is 28.9 Å². The number of imidazole rings is 1. The first-order valence-electron chi connectivity index (χ1n) is 13.6. The third-order valence-corrected chi connectivity index (χ3v) is 6.78. The van der Waals surface area contributed by atoms with Gasteiger partial charge in [-0.05, 0) is 56.6 Å². The van der Waals surface area contributed by atoms with Crippen molar-refractivity contribution in [1.82, 2.24) is 29.4 Å². The van der Waals surface area contributed by atoms with E-state index in [9.17, 15) is 22.4 Å². The van der Waals surface area contributed by atoms with E-state index >= 15 is 0 Å². The molecule has 4 aromatic rings. The molecule has 1 saturated heterocycles. The molecule has 43 heavy (non-hydrogen) atoms. The van der Waals surface area contributed by atoms with Crippen LogP contribution >= 0.6 is 0 Å². The SMILES string of the molecule is CC(C)Oc1ccc2ncc(C#Cc3cc(C(=O)Nc4ccc(CN5CCN(C)CC5)c(C(F)(F)F)c4)cnc3F)n2n1. The molecule has 4 heterocycles. The summed E-state index contributed by atoms with van der Waals surface area (Å²) >= 11 is 0. The average Bonchev–Trinajstić information content (AvgIpc) is 3.35. The lowest BCUT2D eigenvalue weighted by molar-refractivity contribution is -0.138. The van der Waals surface area contributed by atoms with Crippen LogP contribution in [0.5, 0.6) is 5.88 Å². The first-order chi connectivity index (χ1) is 20.5. The number of likely N-dealkylation sites (N-methyl/N-ethyl adjacent to an activating group) is 1. The Balaban J connectivity index is 1.35. The van der Waals surface area contributed by atoms with Gasteiger partial charge in [0.05, 0.1) is 29.0 Å². The van der Waals surface area contributed by atoms with E-state index in [1.54, 1.807) is 12.1 Å². The van der Waals surface area contributed by atoms with E-state index in [0.717, 1.165) is 25.4 Å². The number of nitrogens with zero attached hydrogens (tertiary/aromatic N) is 6. The number of pyridine rings is 1. The van der Waals surface area contributed by atoms with Crippen molar-refractivity contribution in [3.63, 3.8) is 0 Å². The zero-order valence-electron chi connectivity index (χ0n) is 23.7. The number of benzene rings is 1. The number of anilines is 1. The van der Waals surface area contributed by atoms with Gasteiger partial charge in [-0.1, -0.05) is 12.0 Å². The molecule has 1 aliphatic heterocycles. The molecule has 9 nitrogen and oxygen atoms in total. The minimum Gasteiger partial charge on any atom is -0.474 e. The van der Waals surface area contributed by atoms with E-state index < -0.39 is 23.6 Å². The van der Waals surface area contributed by atoms with Crippen molar-refractivity contribution in [2.75, 3.05) is 38.5 Å². The molecule has 0 spiro atoms. The topological polar surface area (TPSA) is 87.9 Å². The number of hydrogen-bond acceptors (Lipinski definition) is 7. The summed E-state index contributed by atoms with van der Waals surface area (Å²) in [5.41, 5.74) is -0.167. The standard InChI is InChI=1S/C30H29F4N7O2/c1-19(2)43-27-9-8-26-35-17-24(41(26)38-27)7-5-20-14-22(16-36-28(20)31)29(42)37-23-6-4-21(25(15-23)30(32,33)34)18-40-12-10-39(3)11-13-40/h4,6,8-9,14-17,19H,10-13,18H2,1-3H3,(H,37,42). The lowest BCUT2D eigenvalue weighted by Crippen LogP contribution is -2.44. The highest BCUT2D eigenvalue weighted by atomic mass is 19.4. The number of halogens is 4. The number of hydrogen-bond donors (Lipinski definition) is 1. The minimum atomic E-state index is -4.61. The summed E-state index contributed by atoms with van der Waals surface area (Å²) in [4.78, 5) is 24.9. The molecule has 224 valence electrons. The van der Waals surface area contributed by atoms with E-state index in [-0.39, 0.29) is 35.0 Å². The van der Waals surface area contributed by atoms with Gasteiger partial charge in [0.25, 0.3) is 5.91 Å². The average molecular weight is 596 g/mol. The molecule has 0 aliphatic carbocycles. The van der Waals surface area contributed by atoms with E-state index in [0.29, 0.717) is 30.3 Å². The fourth-order valence-electron chi connectivity index (χ4n) is 4.54. The predicted molar refractivity (Wildman–Crippen MR) is 151 cm³/mol. The molecule has 13 heteroatoms. The number of aromatic nitrogens is 4. The van der Waals surface area contributed by atoms with E-state index in [1.807, 2.05) is 25.8 Å². The Bertz CT molecular complexity index is 1700. The van der Waals surface area contributed by atoms with Crippen molar-refractivity contribution in [2.45, 2.75) is 32.7 Å². The number of amides is 1. The molecule has 3 aromatic heterocycles. The molecule has 1 fully saturated rings. The van der Waals surface area contributed by atoms with Crippen molar-refractivity contribution in [3.8, 4) is 17.7 Å². The summed E-state index contributed by atoms with van der Waals surface area (Å²) in [6.07, 6.45) is -2.26. The van der Waals surface area contributed by atoms with Gasteiger partial charge in [-0.2, -0.15) is 17.6 Å². The molecule has 0 saturated carbocycles. The quantitative estimate of drug-likeness (QED) is 0.200. The normalized spacial score (nSPS) is 14.5. The second kappa shape index (κ2) is 12.4. The maximum Gasteiger partial charge on any atom is 0.416 e. The van der Waals surface area contributed by atoms with Gasteiger partial charge in [0, 0.05) is 50.7 Å².